The molecule has 1 aliphatic rings. The molecule has 12 nitrogen and oxygen atoms in total. The monoisotopic (exact) mass is 533 g/mol. The lowest BCUT2D eigenvalue weighted by atomic mass is 10.2. The number of pyridine rings is 1. The van der Waals surface area contributed by atoms with Gasteiger partial charge in [0.1, 0.15) is 23.3 Å². The average Bonchev–Trinajstić information content (AvgIpc) is 3.20. The largest absolute Gasteiger partial charge is 0.472 e. The number of nitrogens with one attached hydrogen (secondary N) is 1. The number of sulfone groups is 1. The van der Waals surface area contributed by atoms with Crippen LogP contribution in [0.1, 0.15) is 26.5 Å². The SMILES string of the molecule is CCc1c2nc(-c3cc(S(=O)(=O)CN4CCN(CC)CC4)cnc3O[C@H](C)COC)[nH]c(=O)c2nn1C. The topological polar surface area (TPSA) is 136 Å². The van der Waals surface area contributed by atoms with E-state index in [1.165, 1.54) is 12.3 Å². The maximum absolute atomic E-state index is 13.4. The van der Waals surface area contributed by atoms with Crippen molar-refractivity contribution >= 4 is 20.9 Å². The van der Waals surface area contributed by atoms with Crippen LogP contribution in [-0.2, 0) is 28.0 Å². The Balaban J connectivity index is 1.76. The number of fused-ring (bicyclic) bond motifs is 1. The highest BCUT2D eigenvalue weighted by Crippen LogP contribution is 2.30. The van der Waals surface area contributed by atoms with E-state index in [1.54, 1.807) is 18.8 Å². The Morgan fingerprint density at radius 1 is 1.14 bits per heavy atom. The average molecular weight is 534 g/mol. The van der Waals surface area contributed by atoms with E-state index in [0.717, 1.165) is 25.3 Å². The maximum atomic E-state index is 13.4. The Bertz CT molecular complexity index is 1410. The van der Waals surface area contributed by atoms with E-state index < -0.39 is 15.4 Å². The minimum Gasteiger partial charge on any atom is -0.472 e. The van der Waals surface area contributed by atoms with Gasteiger partial charge in [-0.05, 0) is 26.0 Å². The summed E-state index contributed by atoms with van der Waals surface area (Å²) in [5, 5.41) is 4.29. The van der Waals surface area contributed by atoms with Crippen molar-refractivity contribution < 1.29 is 17.9 Å². The van der Waals surface area contributed by atoms with Crippen molar-refractivity contribution in [2.24, 2.45) is 7.05 Å². The molecule has 1 aliphatic heterocycles. The van der Waals surface area contributed by atoms with Gasteiger partial charge in [0, 0.05) is 46.5 Å². The first-order chi connectivity index (χ1) is 17.7. The van der Waals surface area contributed by atoms with Gasteiger partial charge in [0.05, 0.1) is 22.8 Å². The van der Waals surface area contributed by atoms with E-state index >= 15 is 0 Å². The number of H-pyrrole nitrogens is 1. The molecule has 1 atom stereocenters. The molecule has 3 aromatic rings. The summed E-state index contributed by atoms with van der Waals surface area (Å²) in [5.41, 5.74) is 1.33. The molecule has 37 heavy (non-hydrogen) atoms. The van der Waals surface area contributed by atoms with Crippen LogP contribution in [0.4, 0.5) is 0 Å². The normalized spacial score (nSPS) is 16.4. The minimum absolute atomic E-state index is 0.0387. The highest BCUT2D eigenvalue weighted by molar-refractivity contribution is 7.91. The van der Waals surface area contributed by atoms with E-state index in [1.807, 2.05) is 18.7 Å². The molecule has 0 aliphatic carbocycles. The molecule has 1 N–H and O–H groups in total. The van der Waals surface area contributed by atoms with Gasteiger partial charge >= 0.3 is 0 Å². The van der Waals surface area contributed by atoms with E-state index in [0.29, 0.717) is 31.6 Å². The predicted octanol–water partition coefficient (Wildman–Crippen LogP) is 1.06. The number of methoxy groups -OCH3 is 1. The van der Waals surface area contributed by atoms with Crippen molar-refractivity contribution in [3.05, 3.63) is 28.3 Å². The molecule has 1 saturated heterocycles. The van der Waals surface area contributed by atoms with Gasteiger partial charge < -0.3 is 19.4 Å². The smallest absolute Gasteiger partial charge is 0.279 e. The number of rotatable bonds is 10. The fourth-order valence-electron chi connectivity index (χ4n) is 4.52. The zero-order valence-corrected chi connectivity index (χ0v) is 22.8. The van der Waals surface area contributed by atoms with Crippen LogP contribution in [0, 0.1) is 0 Å². The summed E-state index contributed by atoms with van der Waals surface area (Å²) < 4.78 is 39.5. The Labute approximate surface area is 216 Å². The third-order valence-corrected chi connectivity index (χ3v) is 8.21. The molecule has 202 valence electrons. The molecule has 0 spiro atoms. The third kappa shape index (κ3) is 5.84. The van der Waals surface area contributed by atoms with Gasteiger partial charge in [-0.3, -0.25) is 14.4 Å². The van der Waals surface area contributed by atoms with Crippen LogP contribution < -0.4 is 10.3 Å². The van der Waals surface area contributed by atoms with Crippen LogP contribution in [0.25, 0.3) is 22.4 Å². The van der Waals surface area contributed by atoms with Gasteiger partial charge in [0.25, 0.3) is 5.56 Å². The van der Waals surface area contributed by atoms with Crippen LogP contribution in [0.2, 0.25) is 0 Å². The number of hydrogen-bond donors (Lipinski definition) is 1. The molecule has 1 fully saturated rings. The van der Waals surface area contributed by atoms with Gasteiger partial charge in [-0.1, -0.05) is 13.8 Å². The number of aromatic amines is 1. The zero-order chi connectivity index (χ0) is 26.7. The first-order valence-electron chi connectivity index (χ1n) is 12.5. The fourth-order valence-corrected chi connectivity index (χ4v) is 5.92. The van der Waals surface area contributed by atoms with Gasteiger partial charge in [-0.15, -0.1) is 0 Å². The van der Waals surface area contributed by atoms with Crippen LogP contribution in [-0.4, -0.2) is 101 Å². The molecule has 4 rings (SSSR count). The number of aromatic nitrogens is 5. The molecule has 0 aromatic carbocycles. The lowest BCUT2D eigenvalue weighted by molar-refractivity contribution is 0.0893. The summed E-state index contributed by atoms with van der Waals surface area (Å²) >= 11 is 0. The first-order valence-corrected chi connectivity index (χ1v) is 14.1. The summed E-state index contributed by atoms with van der Waals surface area (Å²) in [6.45, 7) is 10.1. The number of likely N-dealkylation sites (N-methyl/N-ethyl adjacent to an activating group) is 1. The molecule has 0 saturated carbocycles. The number of aryl methyl sites for hydroxylation is 2. The summed E-state index contributed by atoms with van der Waals surface area (Å²) in [6.07, 6.45) is 1.55. The van der Waals surface area contributed by atoms with E-state index in [4.69, 9.17) is 9.47 Å². The number of piperazine rings is 1. The molecular formula is C24H35N7O5S. The molecular weight excluding hydrogens is 498 g/mol. The predicted molar refractivity (Wildman–Crippen MR) is 139 cm³/mol. The van der Waals surface area contributed by atoms with Crippen LogP contribution in [0.3, 0.4) is 0 Å². The van der Waals surface area contributed by atoms with E-state index in [2.05, 4.69) is 31.9 Å². The van der Waals surface area contributed by atoms with Crippen molar-refractivity contribution in [1.82, 2.24) is 34.5 Å². The fraction of sp³-hybridized carbons (Fsp3) is 0.583. The van der Waals surface area contributed by atoms with E-state index in [9.17, 15) is 13.2 Å². The van der Waals surface area contributed by atoms with Crippen molar-refractivity contribution in [3.8, 4) is 17.3 Å². The first kappa shape index (κ1) is 27.2. The van der Waals surface area contributed by atoms with Crippen LogP contribution in [0.15, 0.2) is 22.0 Å². The third-order valence-electron chi connectivity index (χ3n) is 6.56. The highest BCUT2D eigenvalue weighted by atomic mass is 32.2. The highest BCUT2D eigenvalue weighted by Gasteiger charge is 2.26. The Kier molecular flexibility index (Phi) is 8.26. The summed E-state index contributed by atoms with van der Waals surface area (Å²) in [4.78, 5) is 28.9. The molecule has 13 heteroatoms. The number of ether oxygens (including phenoxy) is 2. The lowest BCUT2D eigenvalue weighted by Crippen LogP contribution is -2.47. The van der Waals surface area contributed by atoms with Gasteiger partial charge in [-0.2, -0.15) is 5.10 Å². The van der Waals surface area contributed by atoms with Crippen molar-refractivity contribution in [3.63, 3.8) is 0 Å². The second-order valence-electron chi connectivity index (χ2n) is 9.24. The van der Waals surface area contributed by atoms with Gasteiger partial charge in [-0.25, -0.2) is 18.4 Å². The van der Waals surface area contributed by atoms with Gasteiger partial charge in [0.2, 0.25) is 5.88 Å². The lowest BCUT2D eigenvalue weighted by Gasteiger charge is -2.33. The Morgan fingerprint density at radius 3 is 2.49 bits per heavy atom. The second kappa shape index (κ2) is 11.3. The molecule has 3 aromatic heterocycles. The van der Waals surface area contributed by atoms with Crippen LogP contribution in [0.5, 0.6) is 5.88 Å². The summed E-state index contributed by atoms with van der Waals surface area (Å²) in [7, 11) is -0.382. The quantitative estimate of drug-likeness (QED) is 0.403. The molecule has 0 amide bonds. The van der Waals surface area contributed by atoms with Crippen molar-refractivity contribution in [2.45, 2.75) is 38.2 Å². The number of nitrogens with zero attached hydrogens (tertiary/aromatic N) is 6. The van der Waals surface area contributed by atoms with Gasteiger partial charge in [0.15, 0.2) is 15.4 Å². The molecule has 0 unspecified atom stereocenters. The van der Waals surface area contributed by atoms with Crippen LogP contribution >= 0.6 is 0 Å². The minimum atomic E-state index is -3.70. The van der Waals surface area contributed by atoms with Crippen molar-refractivity contribution in [2.75, 3.05) is 52.3 Å². The standard InChI is InChI=1S/C24H35N7O5S/c1-6-19-20-21(28-29(19)4)23(32)27-22(26-20)18-12-17(13-25-24(18)36-16(3)14-35-5)37(33,34)15-31-10-8-30(7-2)9-11-31/h12-13,16H,6-11,14-15H2,1-5H3,(H,26,27,32)/t16-/m1/s1. The molecule has 0 radical (unpaired) electrons. The zero-order valence-electron chi connectivity index (χ0n) is 22.0. The molecule has 4 heterocycles. The summed E-state index contributed by atoms with van der Waals surface area (Å²) in [6, 6.07) is 1.48. The Hall–Kier alpha value is -2.87. The Morgan fingerprint density at radius 2 is 1.84 bits per heavy atom. The summed E-state index contributed by atoms with van der Waals surface area (Å²) in [5.74, 6) is 0.211. The number of hydrogen-bond acceptors (Lipinski definition) is 10. The second-order valence-corrected chi connectivity index (χ2v) is 11.2. The van der Waals surface area contributed by atoms with Crippen molar-refractivity contribution in [1.29, 1.82) is 0 Å². The maximum Gasteiger partial charge on any atom is 0.279 e. The molecule has 0 bridgehead atoms. The van der Waals surface area contributed by atoms with E-state index in [-0.39, 0.29) is 39.7 Å².